The van der Waals surface area contributed by atoms with Gasteiger partial charge in [0, 0.05) is 50.2 Å². The van der Waals surface area contributed by atoms with Crippen molar-refractivity contribution in [3.8, 4) is 17.2 Å². The van der Waals surface area contributed by atoms with Gasteiger partial charge in [-0.2, -0.15) is 0 Å². The van der Waals surface area contributed by atoms with Crippen molar-refractivity contribution >= 4 is 16.9 Å². The molecule has 8 nitrogen and oxygen atoms in total. The van der Waals surface area contributed by atoms with Crippen molar-refractivity contribution in [3.05, 3.63) is 64.0 Å². The SMILES string of the molecule is CCc1cc2c(CN3CCN(C(=O)[C@H]4COc5ccccc5O4)CC3)cc(=O)oc2cc1O. The first-order chi connectivity index (χ1) is 16.0. The number of hydrogen-bond acceptors (Lipinski definition) is 7. The molecular formula is C25H26N2O6. The fourth-order valence-corrected chi connectivity index (χ4v) is 4.43. The Labute approximate surface area is 190 Å². The zero-order valence-corrected chi connectivity index (χ0v) is 18.5. The highest BCUT2D eigenvalue weighted by Crippen LogP contribution is 2.31. The molecule has 1 amide bonds. The second kappa shape index (κ2) is 8.78. The maximum absolute atomic E-state index is 13.0. The number of phenolic OH excluding ortho intramolecular Hbond substituents is 1. The molecule has 1 fully saturated rings. The number of piperazine rings is 1. The van der Waals surface area contributed by atoms with Gasteiger partial charge in [-0.3, -0.25) is 9.69 Å². The van der Waals surface area contributed by atoms with Crippen molar-refractivity contribution in [1.29, 1.82) is 0 Å². The van der Waals surface area contributed by atoms with Gasteiger partial charge in [-0.1, -0.05) is 19.1 Å². The van der Waals surface area contributed by atoms with Gasteiger partial charge in [0.05, 0.1) is 0 Å². The summed E-state index contributed by atoms with van der Waals surface area (Å²) in [5.41, 5.74) is 1.61. The highest BCUT2D eigenvalue weighted by atomic mass is 16.6. The van der Waals surface area contributed by atoms with E-state index >= 15 is 0 Å². The highest BCUT2D eigenvalue weighted by Gasteiger charge is 2.32. The monoisotopic (exact) mass is 450 g/mol. The van der Waals surface area contributed by atoms with Crippen LogP contribution < -0.4 is 15.1 Å². The molecule has 2 aromatic carbocycles. The Balaban J connectivity index is 1.25. The first-order valence-corrected chi connectivity index (χ1v) is 11.2. The lowest BCUT2D eigenvalue weighted by Crippen LogP contribution is -2.53. The Hall–Kier alpha value is -3.52. The van der Waals surface area contributed by atoms with Crippen LogP contribution in [0.2, 0.25) is 0 Å². The number of para-hydroxylation sites is 2. The van der Waals surface area contributed by atoms with E-state index in [1.54, 1.807) is 6.07 Å². The summed E-state index contributed by atoms with van der Waals surface area (Å²) in [5.74, 6) is 1.31. The van der Waals surface area contributed by atoms with Crippen molar-refractivity contribution < 1.29 is 23.8 Å². The van der Waals surface area contributed by atoms with Crippen LogP contribution in [0.25, 0.3) is 11.0 Å². The first kappa shape index (κ1) is 21.3. The summed E-state index contributed by atoms with van der Waals surface area (Å²) >= 11 is 0. The quantitative estimate of drug-likeness (QED) is 0.611. The molecule has 5 rings (SSSR count). The van der Waals surface area contributed by atoms with E-state index in [4.69, 9.17) is 13.9 Å². The molecule has 0 saturated carbocycles. The number of carbonyl (C=O) groups is 1. The van der Waals surface area contributed by atoms with E-state index in [0.717, 1.165) is 16.5 Å². The maximum atomic E-state index is 13.0. The summed E-state index contributed by atoms with van der Waals surface area (Å²) in [6, 6.07) is 12.3. The van der Waals surface area contributed by atoms with Gasteiger partial charge in [-0.25, -0.2) is 4.79 Å². The van der Waals surface area contributed by atoms with E-state index < -0.39 is 11.7 Å². The third-order valence-electron chi connectivity index (χ3n) is 6.27. The molecule has 0 aliphatic carbocycles. The number of nitrogens with zero attached hydrogens (tertiary/aromatic N) is 2. The summed E-state index contributed by atoms with van der Waals surface area (Å²) in [6.45, 7) is 5.23. The number of aryl methyl sites for hydroxylation is 1. The molecule has 8 heteroatoms. The fraction of sp³-hybridized carbons (Fsp3) is 0.360. The Bertz CT molecular complexity index is 1250. The largest absolute Gasteiger partial charge is 0.508 e. The second-order valence-electron chi connectivity index (χ2n) is 8.39. The van der Waals surface area contributed by atoms with Gasteiger partial charge in [0.15, 0.2) is 11.5 Å². The first-order valence-electron chi connectivity index (χ1n) is 11.2. The number of aromatic hydroxyl groups is 1. The minimum absolute atomic E-state index is 0.0713. The van der Waals surface area contributed by atoms with Gasteiger partial charge in [-0.15, -0.1) is 0 Å². The lowest BCUT2D eigenvalue weighted by Gasteiger charge is -2.37. The van der Waals surface area contributed by atoms with E-state index in [1.807, 2.05) is 36.1 Å². The number of benzene rings is 2. The van der Waals surface area contributed by atoms with Gasteiger partial charge < -0.3 is 23.9 Å². The third-order valence-corrected chi connectivity index (χ3v) is 6.27. The standard InChI is InChI=1S/C25H26N2O6/c1-2-16-11-18-17(12-24(29)33-22(18)13-19(16)28)14-26-7-9-27(10-8-26)25(30)23-15-31-20-5-3-4-6-21(20)32-23/h3-6,11-13,23,28H,2,7-10,14-15H2,1H3/t23-/m1/s1. The topological polar surface area (TPSA) is 92.5 Å². The molecule has 1 atom stereocenters. The molecular weight excluding hydrogens is 424 g/mol. The summed E-state index contributed by atoms with van der Waals surface area (Å²) < 4.78 is 16.9. The minimum atomic E-state index is -0.644. The molecule has 2 aliphatic rings. The van der Waals surface area contributed by atoms with Crippen LogP contribution in [0.15, 0.2) is 51.7 Å². The van der Waals surface area contributed by atoms with Crippen molar-refractivity contribution in [3.63, 3.8) is 0 Å². The smallest absolute Gasteiger partial charge is 0.336 e. The van der Waals surface area contributed by atoms with Crippen LogP contribution in [0.3, 0.4) is 0 Å². The predicted octanol–water partition coefficient (Wildman–Crippen LogP) is 2.55. The molecule has 1 aromatic heterocycles. The average molecular weight is 450 g/mol. The van der Waals surface area contributed by atoms with Gasteiger partial charge in [0.2, 0.25) is 6.10 Å². The number of amides is 1. The molecule has 0 spiro atoms. The van der Waals surface area contributed by atoms with Crippen molar-refractivity contribution in [2.45, 2.75) is 26.0 Å². The molecule has 1 saturated heterocycles. The Morgan fingerprint density at radius 2 is 1.82 bits per heavy atom. The predicted molar refractivity (Wildman–Crippen MR) is 122 cm³/mol. The van der Waals surface area contributed by atoms with Crippen molar-refractivity contribution in [1.82, 2.24) is 9.80 Å². The van der Waals surface area contributed by atoms with Crippen LogP contribution in [0.5, 0.6) is 17.2 Å². The van der Waals surface area contributed by atoms with Gasteiger partial charge in [0.25, 0.3) is 5.91 Å². The van der Waals surface area contributed by atoms with Crippen LogP contribution in [-0.4, -0.2) is 59.7 Å². The molecule has 0 unspecified atom stereocenters. The molecule has 0 radical (unpaired) electrons. The number of fused-ring (bicyclic) bond motifs is 2. The van der Waals surface area contributed by atoms with E-state index in [9.17, 15) is 14.7 Å². The summed E-state index contributed by atoms with van der Waals surface area (Å²) in [7, 11) is 0. The van der Waals surface area contributed by atoms with E-state index in [1.165, 1.54) is 12.1 Å². The van der Waals surface area contributed by atoms with E-state index in [0.29, 0.717) is 56.2 Å². The zero-order chi connectivity index (χ0) is 22.9. The normalized spacial score (nSPS) is 18.5. The lowest BCUT2D eigenvalue weighted by molar-refractivity contribution is -0.143. The van der Waals surface area contributed by atoms with Crippen LogP contribution in [-0.2, 0) is 17.8 Å². The Morgan fingerprint density at radius 1 is 1.06 bits per heavy atom. The molecule has 3 heterocycles. The van der Waals surface area contributed by atoms with Crippen molar-refractivity contribution in [2.75, 3.05) is 32.8 Å². The van der Waals surface area contributed by atoms with Gasteiger partial charge in [0.1, 0.15) is 17.9 Å². The number of phenols is 1. The van der Waals surface area contributed by atoms with Crippen LogP contribution in [0.4, 0.5) is 0 Å². The zero-order valence-electron chi connectivity index (χ0n) is 18.5. The van der Waals surface area contributed by atoms with Crippen molar-refractivity contribution in [2.24, 2.45) is 0 Å². The Morgan fingerprint density at radius 3 is 2.58 bits per heavy atom. The summed E-state index contributed by atoms with van der Waals surface area (Å²) in [5, 5.41) is 11.0. The molecule has 1 N–H and O–H groups in total. The molecule has 2 aliphatic heterocycles. The molecule has 172 valence electrons. The van der Waals surface area contributed by atoms with E-state index in [-0.39, 0.29) is 18.3 Å². The highest BCUT2D eigenvalue weighted by molar-refractivity contribution is 5.83. The molecule has 0 bridgehead atoms. The van der Waals surface area contributed by atoms with Crippen LogP contribution in [0.1, 0.15) is 18.1 Å². The number of rotatable bonds is 4. The molecule has 33 heavy (non-hydrogen) atoms. The fourth-order valence-electron chi connectivity index (χ4n) is 4.43. The van der Waals surface area contributed by atoms with E-state index in [2.05, 4.69) is 4.90 Å². The minimum Gasteiger partial charge on any atom is -0.508 e. The summed E-state index contributed by atoms with van der Waals surface area (Å²) in [6.07, 6.45) is 0.0349. The number of carbonyl (C=O) groups excluding carboxylic acids is 1. The second-order valence-corrected chi connectivity index (χ2v) is 8.39. The number of ether oxygens (including phenoxy) is 2. The van der Waals surface area contributed by atoms with Crippen LogP contribution in [0, 0.1) is 0 Å². The van der Waals surface area contributed by atoms with Gasteiger partial charge in [-0.05, 0) is 35.7 Å². The third kappa shape index (κ3) is 4.26. The summed E-state index contributed by atoms with van der Waals surface area (Å²) in [4.78, 5) is 29.1. The molecule has 3 aromatic rings. The van der Waals surface area contributed by atoms with Crippen LogP contribution >= 0.6 is 0 Å². The average Bonchev–Trinajstić information content (AvgIpc) is 2.83. The lowest BCUT2D eigenvalue weighted by atomic mass is 10.0. The maximum Gasteiger partial charge on any atom is 0.336 e. The Kier molecular flexibility index (Phi) is 5.68. The van der Waals surface area contributed by atoms with Gasteiger partial charge >= 0.3 is 5.63 Å². The number of hydrogen-bond donors (Lipinski definition) is 1.